The average molecular weight is 266 g/mol. The number of hydrogen-bond donors (Lipinski definition) is 1. The number of carbonyl (C=O) groups is 1. The van der Waals surface area contributed by atoms with E-state index in [1.54, 1.807) is 0 Å². The quantitative estimate of drug-likeness (QED) is 0.848. The van der Waals surface area contributed by atoms with E-state index in [0.29, 0.717) is 12.3 Å². The molecule has 0 radical (unpaired) electrons. The number of hydrogen-bond acceptors (Lipinski definition) is 2. The minimum absolute atomic E-state index is 0.0942. The summed E-state index contributed by atoms with van der Waals surface area (Å²) >= 11 is 0. The molecule has 2 rings (SSSR count). The molecule has 110 valence electrons. The van der Waals surface area contributed by atoms with Crippen LogP contribution in [-0.2, 0) is 4.79 Å². The van der Waals surface area contributed by atoms with Crippen LogP contribution >= 0.6 is 0 Å². The molecule has 2 fully saturated rings. The average Bonchev–Trinajstić information content (AvgIpc) is 2.48. The fourth-order valence-electron chi connectivity index (χ4n) is 3.74. The van der Waals surface area contributed by atoms with Crippen LogP contribution in [0.3, 0.4) is 0 Å². The predicted molar refractivity (Wildman–Crippen MR) is 79.1 cm³/mol. The molecule has 0 aromatic heterocycles. The molecule has 3 heteroatoms. The third kappa shape index (κ3) is 3.71. The fourth-order valence-corrected chi connectivity index (χ4v) is 3.74. The van der Waals surface area contributed by atoms with Gasteiger partial charge in [0.15, 0.2) is 0 Å². The van der Waals surface area contributed by atoms with Gasteiger partial charge in [0.2, 0.25) is 5.91 Å². The van der Waals surface area contributed by atoms with Crippen molar-refractivity contribution in [1.82, 2.24) is 10.2 Å². The Bertz CT molecular complexity index is 289. The Kier molecular flexibility index (Phi) is 5.26. The van der Waals surface area contributed by atoms with Crippen molar-refractivity contribution in [2.75, 3.05) is 20.1 Å². The fraction of sp³-hybridized carbons (Fsp3) is 0.938. The van der Waals surface area contributed by atoms with Crippen molar-refractivity contribution < 1.29 is 4.79 Å². The molecular formula is C16H30N2O. The number of amides is 1. The standard InChI is InChI=1S/C16H30N2O/c1-3-14-7-11-18(12-8-14)15(19)13-16(17-2)9-5-4-6-10-16/h14,17H,3-13H2,1-2H3. The van der Waals surface area contributed by atoms with Crippen LogP contribution in [0.15, 0.2) is 0 Å². The Balaban J connectivity index is 1.86. The summed E-state index contributed by atoms with van der Waals surface area (Å²) in [4.78, 5) is 14.6. The molecule has 1 saturated carbocycles. The summed E-state index contributed by atoms with van der Waals surface area (Å²) in [6.07, 6.45) is 10.6. The predicted octanol–water partition coefficient (Wildman–Crippen LogP) is 2.95. The molecule has 1 aliphatic heterocycles. The molecule has 1 amide bonds. The first kappa shape index (κ1) is 14.8. The maximum Gasteiger partial charge on any atom is 0.224 e. The highest BCUT2D eigenvalue weighted by atomic mass is 16.2. The highest BCUT2D eigenvalue weighted by molar-refractivity contribution is 5.77. The number of piperidine rings is 1. The van der Waals surface area contributed by atoms with Gasteiger partial charge in [-0.15, -0.1) is 0 Å². The third-order valence-corrected chi connectivity index (χ3v) is 5.38. The molecule has 1 heterocycles. The number of likely N-dealkylation sites (tertiary alicyclic amines) is 1. The first-order valence-corrected chi connectivity index (χ1v) is 8.16. The van der Waals surface area contributed by atoms with Gasteiger partial charge >= 0.3 is 0 Å². The Hall–Kier alpha value is -0.570. The zero-order chi connectivity index (χ0) is 13.7. The monoisotopic (exact) mass is 266 g/mol. The van der Waals surface area contributed by atoms with Crippen molar-refractivity contribution >= 4 is 5.91 Å². The van der Waals surface area contributed by atoms with Gasteiger partial charge in [-0.25, -0.2) is 0 Å². The van der Waals surface area contributed by atoms with Crippen LogP contribution in [0.4, 0.5) is 0 Å². The largest absolute Gasteiger partial charge is 0.343 e. The molecule has 1 aliphatic carbocycles. The second-order valence-corrected chi connectivity index (χ2v) is 6.50. The lowest BCUT2D eigenvalue weighted by Gasteiger charge is -2.39. The van der Waals surface area contributed by atoms with Crippen LogP contribution in [0.5, 0.6) is 0 Å². The zero-order valence-corrected chi connectivity index (χ0v) is 12.7. The molecule has 0 aromatic carbocycles. The minimum Gasteiger partial charge on any atom is -0.343 e. The zero-order valence-electron chi connectivity index (χ0n) is 12.7. The topological polar surface area (TPSA) is 32.3 Å². The normalized spacial score (nSPS) is 24.4. The van der Waals surface area contributed by atoms with Crippen LogP contribution < -0.4 is 5.32 Å². The molecule has 0 atom stereocenters. The van der Waals surface area contributed by atoms with E-state index in [-0.39, 0.29) is 5.54 Å². The SMILES string of the molecule is CCC1CCN(C(=O)CC2(NC)CCCCC2)CC1. The lowest BCUT2D eigenvalue weighted by Crippen LogP contribution is -2.50. The van der Waals surface area contributed by atoms with Gasteiger partial charge in [0, 0.05) is 25.0 Å². The number of carbonyl (C=O) groups excluding carboxylic acids is 1. The van der Waals surface area contributed by atoms with Crippen LogP contribution in [0.25, 0.3) is 0 Å². The molecule has 1 N–H and O–H groups in total. The molecule has 2 aliphatic rings. The molecule has 0 spiro atoms. The minimum atomic E-state index is 0.0942. The first-order valence-electron chi connectivity index (χ1n) is 8.16. The van der Waals surface area contributed by atoms with Crippen molar-refractivity contribution in [2.45, 2.75) is 70.3 Å². The van der Waals surface area contributed by atoms with Crippen LogP contribution in [0.1, 0.15) is 64.7 Å². The first-order chi connectivity index (χ1) is 9.19. The van der Waals surface area contributed by atoms with E-state index in [2.05, 4.69) is 17.1 Å². The number of nitrogens with zero attached hydrogens (tertiary/aromatic N) is 1. The summed E-state index contributed by atoms with van der Waals surface area (Å²) in [5.41, 5.74) is 0.0942. The molecule has 3 nitrogen and oxygen atoms in total. The van der Waals surface area contributed by atoms with Gasteiger partial charge < -0.3 is 10.2 Å². The van der Waals surface area contributed by atoms with Crippen LogP contribution in [0.2, 0.25) is 0 Å². The summed E-state index contributed by atoms with van der Waals surface area (Å²) < 4.78 is 0. The van der Waals surface area contributed by atoms with Gasteiger partial charge in [-0.3, -0.25) is 4.79 Å². The number of rotatable bonds is 4. The molecule has 0 aromatic rings. The summed E-state index contributed by atoms with van der Waals surface area (Å²) in [5.74, 6) is 1.22. The highest BCUT2D eigenvalue weighted by Crippen LogP contribution is 2.32. The van der Waals surface area contributed by atoms with Gasteiger partial charge in [-0.1, -0.05) is 32.6 Å². The van der Waals surface area contributed by atoms with E-state index in [4.69, 9.17) is 0 Å². The second kappa shape index (κ2) is 6.74. The summed E-state index contributed by atoms with van der Waals surface area (Å²) in [7, 11) is 2.03. The maximum atomic E-state index is 12.5. The molecule has 0 unspecified atom stereocenters. The summed E-state index contributed by atoms with van der Waals surface area (Å²) in [5, 5.41) is 3.46. The number of nitrogens with one attached hydrogen (secondary N) is 1. The van der Waals surface area contributed by atoms with Crippen molar-refractivity contribution in [3.8, 4) is 0 Å². The lowest BCUT2D eigenvalue weighted by molar-refractivity contribution is -0.134. The van der Waals surface area contributed by atoms with Crippen LogP contribution in [0, 0.1) is 5.92 Å². The van der Waals surface area contributed by atoms with E-state index < -0.39 is 0 Å². The molecule has 19 heavy (non-hydrogen) atoms. The van der Waals surface area contributed by atoms with Crippen molar-refractivity contribution in [3.05, 3.63) is 0 Å². The highest BCUT2D eigenvalue weighted by Gasteiger charge is 2.34. The molecular weight excluding hydrogens is 236 g/mol. The third-order valence-electron chi connectivity index (χ3n) is 5.38. The molecule has 1 saturated heterocycles. The van der Waals surface area contributed by atoms with E-state index in [9.17, 15) is 4.79 Å². The molecule has 0 bridgehead atoms. The summed E-state index contributed by atoms with van der Waals surface area (Å²) in [6, 6.07) is 0. The Morgan fingerprint density at radius 3 is 2.37 bits per heavy atom. The Morgan fingerprint density at radius 2 is 1.84 bits per heavy atom. The van der Waals surface area contributed by atoms with Gasteiger partial charge in [0.25, 0.3) is 0 Å². The Morgan fingerprint density at radius 1 is 1.21 bits per heavy atom. The van der Waals surface area contributed by atoms with E-state index >= 15 is 0 Å². The van der Waals surface area contributed by atoms with Gasteiger partial charge in [0.05, 0.1) is 0 Å². The van der Waals surface area contributed by atoms with E-state index in [1.807, 2.05) is 7.05 Å². The van der Waals surface area contributed by atoms with Crippen molar-refractivity contribution in [1.29, 1.82) is 0 Å². The van der Waals surface area contributed by atoms with E-state index in [1.165, 1.54) is 51.4 Å². The summed E-state index contributed by atoms with van der Waals surface area (Å²) in [6.45, 7) is 4.23. The lowest BCUT2D eigenvalue weighted by atomic mass is 9.79. The maximum absolute atomic E-state index is 12.5. The van der Waals surface area contributed by atoms with Crippen molar-refractivity contribution in [2.24, 2.45) is 5.92 Å². The van der Waals surface area contributed by atoms with Gasteiger partial charge in [-0.2, -0.15) is 0 Å². The van der Waals surface area contributed by atoms with Gasteiger partial charge in [0.1, 0.15) is 0 Å². The Labute approximate surface area is 118 Å². The van der Waals surface area contributed by atoms with Crippen molar-refractivity contribution in [3.63, 3.8) is 0 Å². The van der Waals surface area contributed by atoms with Gasteiger partial charge in [-0.05, 0) is 38.6 Å². The second-order valence-electron chi connectivity index (χ2n) is 6.50. The van der Waals surface area contributed by atoms with Crippen LogP contribution in [-0.4, -0.2) is 36.5 Å². The smallest absolute Gasteiger partial charge is 0.224 e. The van der Waals surface area contributed by atoms with E-state index in [0.717, 1.165) is 19.0 Å².